The number of benzene rings is 2. The van der Waals surface area contributed by atoms with Gasteiger partial charge in [-0.25, -0.2) is 17.2 Å². The number of nitrogens with zero attached hydrogens (tertiary/aromatic N) is 1. The molecule has 2 aromatic rings. The van der Waals surface area contributed by atoms with Crippen LogP contribution in [0.15, 0.2) is 58.4 Å². The second-order valence-corrected chi connectivity index (χ2v) is 10.7. The number of ether oxygens (including phenoxy) is 2. The van der Waals surface area contributed by atoms with E-state index in [0.29, 0.717) is 18.0 Å². The standard InChI is InChI=1S/C23H20ClF2NO4S/c24-14-3-5-16(6-4-14)32(28,29)23-9-11-30-20(12-15-2-1-10-27-15)17(23)13-31-22-19(26)8-7-18(25)21(22)23/h1-8,17,20H,9-13H2/t17-,20-,23-/m0/s1. The molecular weight excluding hydrogens is 460 g/mol. The maximum absolute atomic E-state index is 15.3. The lowest BCUT2D eigenvalue weighted by atomic mass is 9.74. The lowest BCUT2D eigenvalue weighted by Crippen LogP contribution is -2.57. The molecule has 0 bridgehead atoms. The number of sulfone groups is 1. The van der Waals surface area contributed by atoms with E-state index in [2.05, 4.69) is 4.99 Å². The Hall–Kier alpha value is -2.29. The van der Waals surface area contributed by atoms with E-state index in [4.69, 9.17) is 21.1 Å². The molecule has 0 aliphatic carbocycles. The monoisotopic (exact) mass is 479 g/mol. The Morgan fingerprint density at radius 2 is 1.88 bits per heavy atom. The Morgan fingerprint density at radius 1 is 1.12 bits per heavy atom. The first-order valence-corrected chi connectivity index (χ1v) is 12.1. The maximum Gasteiger partial charge on any atom is 0.189 e. The van der Waals surface area contributed by atoms with Crippen molar-refractivity contribution in [2.45, 2.75) is 28.6 Å². The Kier molecular flexibility index (Phi) is 5.34. The maximum atomic E-state index is 15.3. The lowest BCUT2D eigenvalue weighted by molar-refractivity contribution is -0.0683. The first kappa shape index (κ1) is 21.6. The van der Waals surface area contributed by atoms with Crippen molar-refractivity contribution < 1.29 is 26.7 Å². The molecule has 1 fully saturated rings. The van der Waals surface area contributed by atoms with Gasteiger partial charge in [-0.1, -0.05) is 17.7 Å². The average Bonchev–Trinajstić information content (AvgIpc) is 3.29. The predicted molar refractivity (Wildman–Crippen MR) is 116 cm³/mol. The Balaban J connectivity index is 1.73. The summed E-state index contributed by atoms with van der Waals surface area (Å²) in [4.78, 5) is 4.37. The molecule has 0 unspecified atom stereocenters. The normalized spacial score (nSPS) is 26.8. The molecule has 0 radical (unpaired) electrons. The molecule has 168 valence electrons. The fourth-order valence-electron chi connectivity index (χ4n) is 5.00. The molecule has 3 heterocycles. The molecule has 0 aromatic heterocycles. The van der Waals surface area contributed by atoms with Gasteiger partial charge in [-0.15, -0.1) is 0 Å². The van der Waals surface area contributed by atoms with Gasteiger partial charge in [0.1, 0.15) is 10.6 Å². The smallest absolute Gasteiger partial charge is 0.189 e. The highest BCUT2D eigenvalue weighted by Crippen LogP contribution is 2.56. The molecule has 5 rings (SSSR count). The fraction of sp³-hybridized carbons (Fsp3) is 0.348. The van der Waals surface area contributed by atoms with Crippen LogP contribution in [0, 0.1) is 17.6 Å². The summed E-state index contributed by atoms with van der Waals surface area (Å²) in [6, 6.07) is 7.63. The molecule has 32 heavy (non-hydrogen) atoms. The minimum absolute atomic E-state index is 0.0119. The van der Waals surface area contributed by atoms with Gasteiger partial charge >= 0.3 is 0 Å². The van der Waals surface area contributed by atoms with Gasteiger partial charge in [0.05, 0.1) is 29.7 Å². The van der Waals surface area contributed by atoms with Crippen molar-refractivity contribution in [2.24, 2.45) is 10.9 Å². The van der Waals surface area contributed by atoms with Crippen molar-refractivity contribution in [3.05, 3.63) is 70.8 Å². The average molecular weight is 480 g/mol. The van der Waals surface area contributed by atoms with Crippen LogP contribution < -0.4 is 4.74 Å². The Morgan fingerprint density at radius 3 is 2.59 bits per heavy atom. The minimum Gasteiger partial charge on any atom is -0.490 e. The minimum atomic E-state index is -4.20. The molecule has 0 spiro atoms. The third-order valence-electron chi connectivity index (χ3n) is 6.47. The second-order valence-electron chi connectivity index (χ2n) is 8.10. The highest BCUT2D eigenvalue weighted by atomic mass is 35.5. The van der Waals surface area contributed by atoms with Crippen LogP contribution in [0.1, 0.15) is 18.4 Å². The van der Waals surface area contributed by atoms with Crippen molar-refractivity contribution in [1.29, 1.82) is 0 Å². The second kappa shape index (κ2) is 7.93. The predicted octanol–water partition coefficient (Wildman–Crippen LogP) is 4.49. The lowest BCUT2D eigenvalue weighted by Gasteiger charge is -2.50. The van der Waals surface area contributed by atoms with Gasteiger partial charge in [0.15, 0.2) is 21.4 Å². The van der Waals surface area contributed by atoms with Crippen molar-refractivity contribution in [3.8, 4) is 5.75 Å². The van der Waals surface area contributed by atoms with Gasteiger partial charge in [0, 0.05) is 29.7 Å². The van der Waals surface area contributed by atoms with Crippen LogP contribution in [0.5, 0.6) is 5.75 Å². The molecule has 5 nitrogen and oxygen atoms in total. The summed E-state index contributed by atoms with van der Waals surface area (Å²) >= 11 is 5.96. The summed E-state index contributed by atoms with van der Waals surface area (Å²) < 4.78 is 68.2. The van der Waals surface area contributed by atoms with Crippen LogP contribution in [-0.2, 0) is 19.3 Å². The molecule has 0 saturated carbocycles. The summed E-state index contributed by atoms with van der Waals surface area (Å²) in [6.45, 7) is 0.502. The quantitative estimate of drug-likeness (QED) is 0.648. The largest absolute Gasteiger partial charge is 0.490 e. The summed E-state index contributed by atoms with van der Waals surface area (Å²) in [5.41, 5.74) is 0.515. The summed E-state index contributed by atoms with van der Waals surface area (Å²) in [5.74, 6) is -2.73. The number of aliphatic imine (C=N–C) groups is 1. The van der Waals surface area contributed by atoms with E-state index in [-0.39, 0.29) is 35.8 Å². The summed E-state index contributed by atoms with van der Waals surface area (Å²) in [6.07, 6.45) is 3.50. The zero-order valence-corrected chi connectivity index (χ0v) is 18.5. The van der Waals surface area contributed by atoms with E-state index in [9.17, 15) is 12.8 Å². The molecule has 2 aromatic carbocycles. The SMILES string of the molecule is O=S(=O)(c1ccc(Cl)cc1)[C@@]12CCO[C@@H](CC3=NCC=C3)[C@@H]1COc1c(F)ccc(F)c12. The number of hydrogen-bond donors (Lipinski definition) is 0. The van der Waals surface area contributed by atoms with Crippen LogP contribution in [0.3, 0.4) is 0 Å². The van der Waals surface area contributed by atoms with E-state index >= 15 is 4.39 Å². The third kappa shape index (κ3) is 3.19. The zero-order valence-electron chi connectivity index (χ0n) is 16.9. The summed E-state index contributed by atoms with van der Waals surface area (Å²) in [5, 5.41) is 0.374. The molecule has 3 atom stereocenters. The number of hydrogen-bond acceptors (Lipinski definition) is 5. The number of halogens is 3. The zero-order chi connectivity index (χ0) is 22.5. The summed E-state index contributed by atoms with van der Waals surface area (Å²) in [7, 11) is -4.20. The van der Waals surface area contributed by atoms with E-state index < -0.39 is 38.2 Å². The van der Waals surface area contributed by atoms with Crippen molar-refractivity contribution >= 4 is 27.1 Å². The van der Waals surface area contributed by atoms with Crippen LogP contribution in [0.2, 0.25) is 5.02 Å². The third-order valence-corrected chi connectivity index (χ3v) is 9.28. The van der Waals surface area contributed by atoms with Crippen LogP contribution in [0.25, 0.3) is 0 Å². The Labute approximate surface area is 189 Å². The van der Waals surface area contributed by atoms with Crippen molar-refractivity contribution in [3.63, 3.8) is 0 Å². The number of rotatable bonds is 4. The van der Waals surface area contributed by atoms with Crippen molar-refractivity contribution in [2.75, 3.05) is 19.8 Å². The van der Waals surface area contributed by atoms with Crippen LogP contribution in [0.4, 0.5) is 8.78 Å². The van der Waals surface area contributed by atoms with E-state index in [1.165, 1.54) is 24.3 Å². The molecule has 3 aliphatic rings. The first-order valence-electron chi connectivity index (χ1n) is 10.3. The fourth-order valence-corrected chi connectivity index (χ4v) is 7.47. The molecule has 0 amide bonds. The number of allylic oxidation sites excluding steroid dienone is 1. The highest BCUT2D eigenvalue weighted by Gasteiger charge is 2.61. The van der Waals surface area contributed by atoms with E-state index in [1.54, 1.807) is 0 Å². The topological polar surface area (TPSA) is 65.0 Å². The highest BCUT2D eigenvalue weighted by molar-refractivity contribution is 7.92. The van der Waals surface area contributed by atoms with Crippen LogP contribution >= 0.6 is 11.6 Å². The molecule has 9 heteroatoms. The van der Waals surface area contributed by atoms with Gasteiger partial charge < -0.3 is 9.47 Å². The van der Waals surface area contributed by atoms with E-state index in [1.807, 2.05) is 12.2 Å². The van der Waals surface area contributed by atoms with Crippen molar-refractivity contribution in [1.82, 2.24) is 0 Å². The molecule has 0 N–H and O–H groups in total. The van der Waals surface area contributed by atoms with Gasteiger partial charge in [0.25, 0.3) is 0 Å². The Bertz CT molecular complexity index is 1230. The first-order chi connectivity index (χ1) is 15.3. The van der Waals surface area contributed by atoms with Gasteiger partial charge in [0.2, 0.25) is 0 Å². The van der Waals surface area contributed by atoms with Gasteiger partial charge in [-0.05, 0) is 48.9 Å². The van der Waals surface area contributed by atoms with Gasteiger partial charge in [-0.2, -0.15) is 0 Å². The van der Waals surface area contributed by atoms with Gasteiger partial charge in [-0.3, -0.25) is 4.99 Å². The molecule has 1 saturated heterocycles. The van der Waals surface area contributed by atoms with E-state index in [0.717, 1.165) is 17.8 Å². The van der Waals surface area contributed by atoms with Crippen LogP contribution in [-0.4, -0.2) is 40.0 Å². The molecule has 3 aliphatic heterocycles. The number of fused-ring (bicyclic) bond motifs is 3. The molecular formula is C23H20ClF2NO4S.